The first kappa shape index (κ1) is 18.8. The van der Waals surface area contributed by atoms with Gasteiger partial charge in [-0.05, 0) is 29.5 Å². The van der Waals surface area contributed by atoms with Gasteiger partial charge in [-0.3, -0.25) is 4.79 Å². The Morgan fingerprint density at radius 3 is 2.64 bits per heavy atom. The zero-order valence-corrected chi connectivity index (χ0v) is 15.2. The quantitative estimate of drug-likeness (QED) is 0.607. The summed E-state index contributed by atoms with van der Waals surface area (Å²) in [6, 6.07) is 4.48. The summed E-state index contributed by atoms with van der Waals surface area (Å²) in [5.74, 6) is 4.58. The van der Waals surface area contributed by atoms with Gasteiger partial charge >= 0.3 is 0 Å². The predicted molar refractivity (Wildman–Crippen MR) is 92.8 cm³/mol. The van der Waals surface area contributed by atoms with Crippen molar-refractivity contribution in [1.29, 1.82) is 0 Å². The first-order valence-electron chi connectivity index (χ1n) is 7.68. The second-order valence-electron chi connectivity index (χ2n) is 6.65. The van der Waals surface area contributed by atoms with E-state index < -0.39 is 17.9 Å². The molecule has 0 aliphatic carbocycles. The zero-order valence-electron chi connectivity index (χ0n) is 14.4. The number of amides is 1. The van der Waals surface area contributed by atoms with Crippen molar-refractivity contribution in [1.82, 2.24) is 5.32 Å². The van der Waals surface area contributed by atoms with Crippen LogP contribution < -0.4 is 10.4 Å². The highest BCUT2D eigenvalue weighted by Crippen LogP contribution is 2.09. The normalized spacial score (nSPS) is 12.1. The summed E-state index contributed by atoms with van der Waals surface area (Å²) in [5, 5.41) is 17.4. The summed E-state index contributed by atoms with van der Waals surface area (Å²) in [4.78, 5) is 23.2. The minimum atomic E-state index is -1.21. The minimum absolute atomic E-state index is 0.0966. The summed E-state index contributed by atoms with van der Waals surface area (Å²) in [7, 11) is 5.75. The van der Waals surface area contributed by atoms with Crippen LogP contribution in [0.15, 0.2) is 33.4 Å². The van der Waals surface area contributed by atoms with Gasteiger partial charge in [0.25, 0.3) is 5.91 Å². The van der Waals surface area contributed by atoms with Gasteiger partial charge in [0.05, 0.1) is 33.7 Å². The Hall–Kier alpha value is -2.56. The molecule has 7 heteroatoms. The fourth-order valence-corrected chi connectivity index (χ4v) is 2.86. The number of carbonyl (C=O) groups is 2. The fraction of sp³-hybridized carbons (Fsp3) is 0.333. The predicted octanol–water partition coefficient (Wildman–Crippen LogP) is 0.686. The highest BCUT2D eigenvalue weighted by atomic mass is 32.1. The van der Waals surface area contributed by atoms with Crippen LogP contribution in [0.25, 0.3) is 0 Å². The van der Waals surface area contributed by atoms with E-state index in [0.29, 0.717) is 16.8 Å². The van der Waals surface area contributed by atoms with Gasteiger partial charge in [0, 0.05) is 23.3 Å². The monoisotopic (exact) mass is 360 g/mol. The SMILES string of the molecule is C[N+](C)(C)C[C@@H](CC(=O)[O-])NC(=O)c1ccc(C#Cc2ccsc2)o1. The molecular weight excluding hydrogens is 340 g/mol. The van der Waals surface area contributed by atoms with Crippen LogP contribution in [0, 0.1) is 11.8 Å². The Morgan fingerprint density at radius 1 is 1.28 bits per heavy atom. The summed E-state index contributed by atoms with van der Waals surface area (Å²) >= 11 is 1.55. The van der Waals surface area contributed by atoms with Crippen LogP contribution in [0.4, 0.5) is 0 Å². The lowest BCUT2D eigenvalue weighted by Gasteiger charge is -2.29. The van der Waals surface area contributed by atoms with E-state index in [1.807, 2.05) is 38.0 Å². The number of furan rings is 1. The van der Waals surface area contributed by atoms with E-state index in [1.54, 1.807) is 17.4 Å². The number of carboxylic acids is 1. The van der Waals surface area contributed by atoms with Crippen LogP contribution in [-0.2, 0) is 4.79 Å². The molecule has 1 atom stereocenters. The summed E-state index contributed by atoms with van der Waals surface area (Å²) in [6.45, 7) is 0.450. The van der Waals surface area contributed by atoms with Crippen LogP contribution in [0.5, 0.6) is 0 Å². The molecule has 0 saturated heterocycles. The van der Waals surface area contributed by atoms with E-state index >= 15 is 0 Å². The van der Waals surface area contributed by atoms with E-state index in [-0.39, 0.29) is 12.2 Å². The van der Waals surface area contributed by atoms with Crippen LogP contribution >= 0.6 is 11.3 Å². The average Bonchev–Trinajstić information content (AvgIpc) is 3.14. The number of nitrogens with zero attached hydrogens (tertiary/aromatic N) is 1. The highest BCUT2D eigenvalue weighted by Gasteiger charge is 2.22. The molecule has 25 heavy (non-hydrogen) atoms. The Labute approximate surface area is 150 Å². The van der Waals surface area contributed by atoms with Crippen molar-refractivity contribution in [2.45, 2.75) is 12.5 Å². The van der Waals surface area contributed by atoms with Crippen LogP contribution in [0.3, 0.4) is 0 Å². The number of rotatable bonds is 6. The number of thiophene rings is 1. The van der Waals surface area contributed by atoms with E-state index in [1.165, 1.54) is 6.07 Å². The first-order chi connectivity index (χ1) is 11.7. The van der Waals surface area contributed by atoms with Gasteiger partial charge in [0.2, 0.25) is 0 Å². The Balaban J connectivity index is 2.04. The summed E-state index contributed by atoms with van der Waals surface area (Å²) in [6.07, 6.45) is -0.257. The number of aliphatic carboxylic acids is 1. The largest absolute Gasteiger partial charge is 0.550 e. The average molecular weight is 360 g/mol. The molecule has 0 radical (unpaired) electrons. The molecule has 1 amide bonds. The van der Waals surface area contributed by atoms with Gasteiger partial charge in [0.1, 0.15) is 0 Å². The molecule has 0 fully saturated rings. The maximum atomic E-state index is 12.3. The van der Waals surface area contributed by atoms with Crippen molar-refractivity contribution in [3.8, 4) is 11.8 Å². The highest BCUT2D eigenvalue weighted by molar-refractivity contribution is 7.08. The van der Waals surface area contributed by atoms with Crippen LogP contribution in [0.1, 0.15) is 28.3 Å². The molecule has 2 rings (SSSR count). The molecule has 6 nitrogen and oxygen atoms in total. The number of carboxylic acid groups (broad SMARTS) is 1. The molecule has 0 saturated carbocycles. The topological polar surface area (TPSA) is 82.4 Å². The van der Waals surface area contributed by atoms with E-state index in [9.17, 15) is 14.7 Å². The molecule has 0 unspecified atom stereocenters. The molecule has 0 aliphatic rings. The Morgan fingerprint density at radius 2 is 2.04 bits per heavy atom. The van der Waals surface area contributed by atoms with Gasteiger partial charge in [-0.2, -0.15) is 11.3 Å². The molecule has 0 aromatic carbocycles. The van der Waals surface area contributed by atoms with Gasteiger partial charge in [-0.25, -0.2) is 0 Å². The molecule has 0 bridgehead atoms. The zero-order chi connectivity index (χ0) is 18.4. The molecule has 132 valence electrons. The lowest BCUT2D eigenvalue weighted by molar-refractivity contribution is -0.871. The van der Waals surface area contributed by atoms with E-state index in [0.717, 1.165) is 5.56 Å². The number of hydrogen-bond acceptors (Lipinski definition) is 5. The lowest BCUT2D eigenvalue weighted by atomic mass is 10.2. The van der Waals surface area contributed by atoms with Gasteiger partial charge in [-0.15, -0.1) is 0 Å². The number of nitrogens with one attached hydrogen (secondary N) is 1. The molecular formula is C18H20N2O4S. The number of likely N-dealkylation sites (N-methyl/N-ethyl adjacent to an activating group) is 1. The lowest BCUT2D eigenvalue weighted by Crippen LogP contribution is -2.50. The molecule has 2 aromatic heterocycles. The molecule has 0 aliphatic heterocycles. The molecule has 2 heterocycles. The van der Waals surface area contributed by atoms with Crippen LogP contribution in [0.2, 0.25) is 0 Å². The third-order valence-electron chi connectivity index (χ3n) is 3.20. The maximum absolute atomic E-state index is 12.3. The smallest absolute Gasteiger partial charge is 0.287 e. The van der Waals surface area contributed by atoms with Crippen molar-refractivity contribution < 1.29 is 23.6 Å². The summed E-state index contributed by atoms with van der Waals surface area (Å²) < 4.78 is 5.94. The number of quaternary nitrogens is 1. The van der Waals surface area contributed by atoms with Crippen molar-refractivity contribution in [2.24, 2.45) is 0 Å². The van der Waals surface area contributed by atoms with Crippen molar-refractivity contribution in [3.63, 3.8) is 0 Å². The standard InChI is InChI=1S/C18H20N2O4S/c1-20(2,3)11-14(10-17(21)22)19-18(23)16-7-6-15(24-16)5-4-13-8-9-25-12-13/h6-9,12,14H,10-11H2,1-3H3,(H-,19,21,22,23)/t14-/m1/s1. The third-order valence-corrected chi connectivity index (χ3v) is 3.88. The van der Waals surface area contributed by atoms with Gasteiger partial charge < -0.3 is 24.1 Å². The van der Waals surface area contributed by atoms with Gasteiger partial charge in [-0.1, -0.05) is 5.92 Å². The van der Waals surface area contributed by atoms with Gasteiger partial charge in [0.15, 0.2) is 11.5 Å². The molecule has 0 spiro atoms. The number of hydrogen-bond donors (Lipinski definition) is 1. The molecule has 1 N–H and O–H groups in total. The Bertz CT molecular complexity index is 791. The minimum Gasteiger partial charge on any atom is -0.550 e. The summed E-state index contributed by atoms with van der Waals surface area (Å²) in [5.41, 5.74) is 0.879. The van der Waals surface area contributed by atoms with E-state index in [4.69, 9.17) is 4.42 Å². The van der Waals surface area contributed by atoms with Crippen LogP contribution in [-0.4, -0.2) is 50.1 Å². The van der Waals surface area contributed by atoms with E-state index in [2.05, 4.69) is 17.2 Å². The Kier molecular flexibility index (Phi) is 6.02. The van der Waals surface area contributed by atoms with Crippen molar-refractivity contribution >= 4 is 23.2 Å². The van der Waals surface area contributed by atoms with Crippen molar-refractivity contribution in [3.05, 3.63) is 46.0 Å². The maximum Gasteiger partial charge on any atom is 0.287 e. The fourth-order valence-electron chi connectivity index (χ4n) is 2.28. The third kappa shape index (κ3) is 6.45. The molecule has 2 aromatic rings. The first-order valence-corrected chi connectivity index (χ1v) is 8.62. The second-order valence-corrected chi connectivity index (χ2v) is 7.43. The second kappa shape index (κ2) is 8.01. The van der Waals surface area contributed by atoms with Crippen molar-refractivity contribution in [2.75, 3.05) is 27.7 Å². The number of carbonyl (C=O) groups excluding carboxylic acids is 2.